The number of aliphatic imine (C=N–C) groups is 1. The number of hydrogen-bond donors (Lipinski definition) is 0. The minimum absolute atomic E-state index is 0.147. The molecule has 0 saturated heterocycles. The molecule has 0 aliphatic carbocycles. The smallest absolute Gasteiger partial charge is 0.363 e. The molecule has 172 valence electrons. The van der Waals surface area contributed by atoms with Crippen LogP contribution in [0.1, 0.15) is 34.0 Å². The largest absolute Gasteiger partial charge is 0.490 e. The number of hydrogen-bond acceptors (Lipinski definition) is 6. The average Bonchev–Trinajstić information content (AvgIpc) is 3.16. The van der Waals surface area contributed by atoms with Gasteiger partial charge >= 0.3 is 11.9 Å². The zero-order chi connectivity index (χ0) is 24.2. The summed E-state index contributed by atoms with van der Waals surface area (Å²) in [5.74, 6) is -0.402. The van der Waals surface area contributed by atoms with Crippen molar-refractivity contribution >= 4 is 51.4 Å². The van der Waals surface area contributed by atoms with Crippen molar-refractivity contribution in [2.24, 2.45) is 4.99 Å². The minimum Gasteiger partial charge on any atom is -0.490 e. The molecule has 8 heteroatoms. The van der Waals surface area contributed by atoms with E-state index in [4.69, 9.17) is 25.8 Å². The van der Waals surface area contributed by atoms with E-state index in [1.165, 1.54) is 0 Å². The Kier molecular flexibility index (Phi) is 7.14. The lowest BCUT2D eigenvalue weighted by Gasteiger charge is -2.14. The van der Waals surface area contributed by atoms with E-state index < -0.39 is 11.9 Å². The number of carbonyl (C=O) groups is 2. The summed E-state index contributed by atoms with van der Waals surface area (Å²) in [5.41, 5.74) is 2.68. The molecule has 0 saturated carbocycles. The summed E-state index contributed by atoms with van der Waals surface area (Å²) in [6.07, 6.45) is 1.58. The topological polar surface area (TPSA) is 74.2 Å². The Hall–Kier alpha value is -3.42. The second-order valence-corrected chi connectivity index (χ2v) is 8.54. The van der Waals surface area contributed by atoms with Crippen LogP contribution in [0, 0.1) is 6.92 Å². The van der Waals surface area contributed by atoms with E-state index in [1.807, 2.05) is 38.1 Å². The lowest BCUT2D eigenvalue weighted by Crippen LogP contribution is -2.11. The molecule has 0 unspecified atom stereocenters. The second kappa shape index (κ2) is 10.2. The zero-order valence-corrected chi connectivity index (χ0v) is 20.6. The predicted molar refractivity (Wildman–Crippen MR) is 134 cm³/mol. The molecule has 1 heterocycles. The molecule has 0 radical (unpaired) electrons. The Morgan fingerprint density at radius 1 is 1.15 bits per heavy atom. The highest BCUT2D eigenvalue weighted by Gasteiger charge is 2.26. The van der Waals surface area contributed by atoms with Gasteiger partial charge in [-0.3, -0.25) is 0 Å². The van der Waals surface area contributed by atoms with E-state index >= 15 is 0 Å². The van der Waals surface area contributed by atoms with Gasteiger partial charge in [-0.1, -0.05) is 41.9 Å². The average molecular weight is 541 g/mol. The van der Waals surface area contributed by atoms with Gasteiger partial charge in [-0.2, -0.15) is 0 Å². The number of rotatable bonds is 6. The molecule has 3 aromatic carbocycles. The SMILES string of the molecule is CCOc1cc(/C=C2\N=C(c3ccccc3C)OC2=O)cc(Br)c1OC(=O)c1ccccc1Cl. The normalized spacial score (nSPS) is 14.1. The Labute approximate surface area is 209 Å². The van der Waals surface area contributed by atoms with Gasteiger partial charge < -0.3 is 14.2 Å². The molecule has 6 nitrogen and oxygen atoms in total. The van der Waals surface area contributed by atoms with Crippen molar-refractivity contribution in [3.8, 4) is 11.5 Å². The molecule has 1 aliphatic rings. The number of halogens is 2. The molecule has 0 N–H and O–H groups in total. The molecule has 1 aliphatic heterocycles. The van der Waals surface area contributed by atoms with Gasteiger partial charge in [0.05, 0.1) is 21.7 Å². The number of ether oxygens (including phenoxy) is 3. The van der Waals surface area contributed by atoms with E-state index in [0.29, 0.717) is 22.4 Å². The lowest BCUT2D eigenvalue weighted by molar-refractivity contribution is -0.129. The first-order valence-corrected chi connectivity index (χ1v) is 11.6. The standard InChI is InChI=1S/C26H19BrClNO5/c1-3-32-22-14-16(12-19(27)23(22)33-25(30)18-10-6-7-11-20(18)28)13-21-26(31)34-24(29-21)17-9-5-4-8-15(17)2/h4-14H,3H2,1-2H3/b21-13-. The first-order chi connectivity index (χ1) is 16.4. The monoisotopic (exact) mass is 539 g/mol. The molecule has 4 rings (SSSR count). The van der Waals surface area contributed by atoms with Gasteiger partial charge in [-0.15, -0.1) is 0 Å². The van der Waals surface area contributed by atoms with Gasteiger partial charge in [-0.25, -0.2) is 14.6 Å². The predicted octanol–water partition coefficient (Wildman–Crippen LogP) is 6.37. The molecule has 3 aromatic rings. The van der Waals surface area contributed by atoms with Crippen LogP contribution in [0.15, 0.2) is 75.8 Å². The van der Waals surface area contributed by atoms with E-state index in [2.05, 4.69) is 20.9 Å². The number of esters is 2. The van der Waals surface area contributed by atoms with Crippen molar-refractivity contribution in [3.63, 3.8) is 0 Å². The molecule has 0 aromatic heterocycles. The van der Waals surface area contributed by atoms with Crippen LogP contribution in [-0.4, -0.2) is 24.4 Å². The van der Waals surface area contributed by atoms with Crippen molar-refractivity contribution in [1.82, 2.24) is 0 Å². The van der Waals surface area contributed by atoms with Gasteiger partial charge in [0, 0.05) is 5.56 Å². The van der Waals surface area contributed by atoms with Gasteiger partial charge in [0.25, 0.3) is 0 Å². The number of carbonyl (C=O) groups excluding carboxylic acids is 2. The molecule has 0 fully saturated rings. The summed E-state index contributed by atoms with van der Waals surface area (Å²) >= 11 is 9.56. The van der Waals surface area contributed by atoms with Gasteiger partial charge in [0.15, 0.2) is 17.2 Å². The Morgan fingerprint density at radius 3 is 2.62 bits per heavy atom. The van der Waals surface area contributed by atoms with Crippen molar-refractivity contribution < 1.29 is 23.8 Å². The van der Waals surface area contributed by atoms with Crippen LogP contribution in [0.3, 0.4) is 0 Å². The Bertz CT molecular complexity index is 1350. The van der Waals surface area contributed by atoms with Crippen LogP contribution in [0.25, 0.3) is 6.08 Å². The first-order valence-electron chi connectivity index (χ1n) is 10.4. The number of cyclic esters (lactones) is 1. The summed E-state index contributed by atoms with van der Waals surface area (Å²) < 4.78 is 17.1. The highest BCUT2D eigenvalue weighted by Crippen LogP contribution is 2.38. The minimum atomic E-state index is -0.620. The summed E-state index contributed by atoms with van der Waals surface area (Å²) in [7, 11) is 0. The number of nitrogens with zero attached hydrogens (tertiary/aromatic N) is 1. The number of benzene rings is 3. The zero-order valence-electron chi connectivity index (χ0n) is 18.3. The molecule has 0 bridgehead atoms. The molecule has 0 spiro atoms. The first kappa shape index (κ1) is 23.7. The Morgan fingerprint density at radius 2 is 1.88 bits per heavy atom. The second-order valence-electron chi connectivity index (χ2n) is 7.28. The van der Waals surface area contributed by atoms with E-state index in [1.54, 1.807) is 42.5 Å². The maximum Gasteiger partial charge on any atom is 0.363 e. The fourth-order valence-corrected chi connectivity index (χ4v) is 4.06. The van der Waals surface area contributed by atoms with Crippen LogP contribution in [-0.2, 0) is 9.53 Å². The van der Waals surface area contributed by atoms with Crippen LogP contribution >= 0.6 is 27.5 Å². The van der Waals surface area contributed by atoms with Crippen LogP contribution in [0.5, 0.6) is 11.5 Å². The van der Waals surface area contributed by atoms with Crippen molar-refractivity contribution in [2.45, 2.75) is 13.8 Å². The van der Waals surface area contributed by atoms with Crippen molar-refractivity contribution in [1.29, 1.82) is 0 Å². The van der Waals surface area contributed by atoms with Crippen LogP contribution in [0.4, 0.5) is 0 Å². The number of aryl methyl sites for hydroxylation is 1. The van der Waals surface area contributed by atoms with Crippen LogP contribution < -0.4 is 9.47 Å². The van der Waals surface area contributed by atoms with Crippen LogP contribution in [0.2, 0.25) is 5.02 Å². The third kappa shape index (κ3) is 5.05. The molecule has 34 heavy (non-hydrogen) atoms. The maximum absolute atomic E-state index is 12.7. The Balaban J connectivity index is 1.67. The third-order valence-electron chi connectivity index (χ3n) is 4.92. The van der Waals surface area contributed by atoms with Gasteiger partial charge in [0.1, 0.15) is 0 Å². The lowest BCUT2D eigenvalue weighted by atomic mass is 10.1. The van der Waals surface area contributed by atoms with Gasteiger partial charge in [0.2, 0.25) is 5.90 Å². The van der Waals surface area contributed by atoms with Crippen molar-refractivity contribution in [3.05, 3.63) is 98.1 Å². The van der Waals surface area contributed by atoms with E-state index in [-0.39, 0.29) is 27.9 Å². The maximum atomic E-state index is 12.7. The fraction of sp³-hybridized carbons (Fsp3) is 0.115. The molecular weight excluding hydrogens is 522 g/mol. The van der Waals surface area contributed by atoms with E-state index in [9.17, 15) is 9.59 Å². The third-order valence-corrected chi connectivity index (χ3v) is 5.84. The highest BCUT2D eigenvalue weighted by atomic mass is 79.9. The van der Waals surface area contributed by atoms with Gasteiger partial charge in [-0.05, 0) is 77.3 Å². The summed E-state index contributed by atoms with van der Waals surface area (Å²) in [6.45, 7) is 4.06. The summed E-state index contributed by atoms with van der Waals surface area (Å²) in [6, 6.07) is 17.5. The summed E-state index contributed by atoms with van der Waals surface area (Å²) in [4.78, 5) is 29.5. The molecule has 0 amide bonds. The molecule has 0 atom stereocenters. The van der Waals surface area contributed by atoms with Crippen molar-refractivity contribution in [2.75, 3.05) is 6.61 Å². The highest BCUT2D eigenvalue weighted by molar-refractivity contribution is 9.10. The fourth-order valence-electron chi connectivity index (χ4n) is 3.30. The van der Waals surface area contributed by atoms with E-state index in [0.717, 1.165) is 11.1 Å². The molecular formula is C26H19BrClNO5. The quantitative estimate of drug-likeness (QED) is 0.206. The summed E-state index contributed by atoms with van der Waals surface area (Å²) in [5, 5.41) is 0.282.